The summed E-state index contributed by atoms with van der Waals surface area (Å²) in [6.07, 6.45) is 2.67. The number of aromatic hydroxyl groups is 1. The van der Waals surface area contributed by atoms with Crippen LogP contribution in [0.5, 0.6) is 11.5 Å². The number of hydrogen-bond acceptors (Lipinski definition) is 5. The summed E-state index contributed by atoms with van der Waals surface area (Å²) in [5, 5.41) is 10.9. The van der Waals surface area contributed by atoms with Crippen LogP contribution in [0, 0.1) is 5.92 Å². The SMILES string of the molecule is COc1ccc2c(c1O)[C@]13CCN(C)[C@H](C2)[C@H]1CC(OC)C(=O)C3. The summed E-state index contributed by atoms with van der Waals surface area (Å²) in [5.41, 5.74) is 1.83. The number of likely N-dealkylation sites (N-methyl/N-ethyl adjacent to an activating group) is 1. The number of nitrogens with zero attached hydrogens (tertiary/aromatic N) is 1. The van der Waals surface area contributed by atoms with Crippen LogP contribution in [-0.4, -0.2) is 55.7 Å². The maximum Gasteiger partial charge on any atom is 0.162 e. The number of benzene rings is 1. The first-order valence-electron chi connectivity index (χ1n) is 8.67. The van der Waals surface area contributed by atoms with Crippen molar-refractivity contribution in [2.45, 2.75) is 43.2 Å². The Hall–Kier alpha value is -1.59. The Morgan fingerprint density at radius 3 is 2.83 bits per heavy atom. The number of carbonyl (C=O) groups excluding carboxylic acids is 1. The topological polar surface area (TPSA) is 59.0 Å². The molecule has 0 aromatic heterocycles. The van der Waals surface area contributed by atoms with Crippen LogP contribution in [0.3, 0.4) is 0 Å². The van der Waals surface area contributed by atoms with Crippen LogP contribution < -0.4 is 4.74 Å². The molecule has 2 fully saturated rings. The monoisotopic (exact) mass is 331 g/mol. The summed E-state index contributed by atoms with van der Waals surface area (Å²) in [5.74, 6) is 1.21. The molecule has 1 heterocycles. The Kier molecular flexibility index (Phi) is 3.62. The minimum atomic E-state index is -0.313. The molecule has 1 aromatic rings. The number of ether oxygens (including phenoxy) is 2. The van der Waals surface area contributed by atoms with Gasteiger partial charge in [-0.05, 0) is 50.4 Å². The Bertz CT molecular complexity index is 688. The number of likely N-dealkylation sites (tertiary alicyclic amines) is 1. The molecular formula is C19H25NO4. The predicted molar refractivity (Wildman–Crippen MR) is 89.6 cm³/mol. The zero-order valence-electron chi connectivity index (χ0n) is 14.5. The average Bonchev–Trinajstić information content (AvgIpc) is 2.57. The van der Waals surface area contributed by atoms with Crippen molar-refractivity contribution >= 4 is 5.78 Å². The molecule has 4 rings (SSSR count). The van der Waals surface area contributed by atoms with Crippen LogP contribution in [0.15, 0.2) is 12.1 Å². The fourth-order valence-electron chi connectivity index (χ4n) is 5.45. The van der Waals surface area contributed by atoms with Crippen LogP contribution in [0.25, 0.3) is 0 Å². The van der Waals surface area contributed by atoms with Gasteiger partial charge < -0.3 is 19.5 Å². The van der Waals surface area contributed by atoms with Crippen molar-refractivity contribution in [2.24, 2.45) is 5.92 Å². The van der Waals surface area contributed by atoms with E-state index in [0.29, 0.717) is 24.1 Å². The molecule has 1 unspecified atom stereocenters. The van der Waals surface area contributed by atoms with Gasteiger partial charge in [0.2, 0.25) is 0 Å². The Morgan fingerprint density at radius 2 is 2.12 bits per heavy atom. The number of Topliss-reactive ketones (excluding diaryl/α,β-unsaturated/α-hetero) is 1. The van der Waals surface area contributed by atoms with Crippen molar-refractivity contribution in [1.82, 2.24) is 4.90 Å². The first kappa shape index (κ1) is 15.9. The van der Waals surface area contributed by atoms with E-state index in [0.717, 1.165) is 36.9 Å². The quantitative estimate of drug-likeness (QED) is 0.897. The van der Waals surface area contributed by atoms with Gasteiger partial charge in [-0.15, -0.1) is 0 Å². The number of ketones is 1. The third kappa shape index (κ3) is 1.97. The smallest absolute Gasteiger partial charge is 0.162 e. The highest BCUT2D eigenvalue weighted by molar-refractivity contribution is 5.86. The summed E-state index contributed by atoms with van der Waals surface area (Å²) < 4.78 is 10.8. The second kappa shape index (κ2) is 5.46. The van der Waals surface area contributed by atoms with Crippen molar-refractivity contribution in [3.8, 4) is 11.5 Å². The van der Waals surface area contributed by atoms with Gasteiger partial charge in [0.25, 0.3) is 0 Å². The lowest BCUT2D eigenvalue weighted by molar-refractivity contribution is -0.141. The highest BCUT2D eigenvalue weighted by atomic mass is 16.5. The molecule has 1 aliphatic heterocycles. The maximum absolute atomic E-state index is 12.7. The summed E-state index contributed by atoms with van der Waals surface area (Å²) >= 11 is 0. The third-order valence-electron chi connectivity index (χ3n) is 6.63. The van der Waals surface area contributed by atoms with E-state index in [4.69, 9.17) is 9.47 Å². The number of carbonyl (C=O) groups is 1. The molecule has 4 atom stereocenters. The van der Waals surface area contributed by atoms with Gasteiger partial charge in [0.15, 0.2) is 17.3 Å². The molecule has 0 spiro atoms. The van der Waals surface area contributed by atoms with Crippen molar-refractivity contribution in [3.05, 3.63) is 23.3 Å². The standard InChI is InChI=1S/C19H25NO4/c1-20-7-6-19-10-14(21)16(24-3)9-12(19)13(20)8-11-4-5-15(23-2)18(22)17(11)19/h4-5,12-13,16,22H,6-10H2,1-3H3/t12-,13-,16?,19+/m1/s1. The number of hydrogen-bond donors (Lipinski definition) is 1. The van der Waals surface area contributed by atoms with Crippen LogP contribution in [0.2, 0.25) is 0 Å². The fraction of sp³-hybridized carbons (Fsp3) is 0.632. The number of phenols is 1. The molecule has 3 aliphatic rings. The van der Waals surface area contributed by atoms with Crippen LogP contribution in [0.4, 0.5) is 0 Å². The normalized spacial score (nSPS) is 35.3. The molecule has 1 N–H and O–H groups in total. The number of piperidine rings is 1. The van der Waals surface area contributed by atoms with Crippen LogP contribution in [-0.2, 0) is 21.4 Å². The van der Waals surface area contributed by atoms with Crippen LogP contribution in [0.1, 0.15) is 30.4 Å². The summed E-state index contributed by atoms with van der Waals surface area (Å²) in [6, 6.07) is 4.29. The van der Waals surface area contributed by atoms with Crippen LogP contribution >= 0.6 is 0 Å². The molecule has 2 bridgehead atoms. The number of rotatable bonds is 2. The average molecular weight is 331 g/mol. The first-order chi connectivity index (χ1) is 11.5. The summed E-state index contributed by atoms with van der Waals surface area (Å²) in [7, 11) is 5.36. The lowest BCUT2D eigenvalue weighted by atomic mass is 9.51. The second-order valence-corrected chi connectivity index (χ2v) is 7.52. The molecule has 2 aliphatic carbocycles. The number of phenolic OH excluding ortho intramolecular Hbond substituents is 1. The molecule has 0 amide bonds. The number of methoxy groups -OCH3 is 2. The Balaban J connectivity index is 1.91. The van der Waals surface area contributed by atoms with E-state index in [1.807, 2.05) is 6.07 Å². The summed E-state index contributed by atoms with van der Waals surface area (Å²) in [4.78, 5) is 15.1. The second-order valence-electron chi connectivity index (χ2n) is 7.52. The van der Waals surface area contributed by atoms with E-state index >= 15 is 0 Å². The van der Waals surface area contributed by atoms with Gasteiger partial charge >= 0.3 is 0 Å². The maximum atomic E-state index is 12.7. The predicted octanol–water partition coefficient (Wildman–Crippen LogP) is 1.89. The Labute approximate surface area is 142 Å². The highest BCUT2D eigenvalue weighted by Gasteiger charge is 2.58. The van der Waals surface area contributed by atoms with E-state index in [9.17, 15) is 9.90 Å². The molecule has 1 saturated heterocycles. The van der Waals surface area contributed by atoms with Gasteiger partial charge in [0.05, 0.1) is 7.11 Å². The third-order valence-corrected chi connectivity index (χ3v) is 6.63. The molecule has 1 aromatic carbocycles. The minimum absolute atomic E-state index is 0.159. The zero-order chi connectivity index (χ0) is 17.1. The lowest BCUT2D eigenvalue weighted by Gasteiger charge is -2.58. The number of fused-ring (bicyclic) bond motifs is 1. The largest absolute Gasteiger partial charge is 0.504 e. The van der Waals surface area contributed by atoms with E-state index in [1.54, 1.807) is 14.2 Å². The zero-order valence-corrected chi connectivity index (χ0v) is 14.5. The first-order valence-corrected chi connectivity index (χ1v) is 8.67. The molecule has 5 nitrogen and oxygen atoms in total. The van der Waals surface area contributed by atoms with Gasteiger partial charge in [-0.25, -0.2) is 0 Å². The molecule has 0 radical (unpaired) electrons. The molecule has 130 valence electrons. The van der Waals surface area contributed by atoms with E-state index in [1.165, 1.54) is 0 Å². The minimum Gasteiger partial charge on any atom is -0.504 e. The van der Waals surface area contributed by atoms with E-state index in [2.05, 4.69) is 18.0 Å². The van der Waals surface area contributed by atoms with Gasteiger partial charge in [-0.1, -0.05) is 6.07 Å². The van der Waals surface area contributed by atoms with E-state index < -0.39 is 0 Å². The lowest BCUT2D eigenvalue weighted by Crippen LogP contribution is -2.63. The van der Waals surface area contributed by atoms with Crippen molar-refractivity contribution < 1.29 is 19.4 Å². The summed E-state index contributed by atoms with van der Waals surface area (Å²) in [6.45, 7) is 0.947. The molecule has 1 saturated carbocycles. The molecular weight excluding hydrogens is 306 g/mol. The highest BCUT2D eigenvalue weighted by Crippen LogP contribution is 2.58. The van der Waals surface area contributed by atoms with Gasteiger partial charge in [0.1, 0.15) is 6.10 Å². The molecule has 24 heavy (non-hydrogen) atoms. The fourth-order valence-corrected chi connectivity index (χ4v) is 5.45. The van der Waals surface area contributed by atoms with Gasteiger partial charge in [-0.3, -0.25) is 4.79 Å². The van der Waals surface area contributed by atoms with Crippen molar-refractivity contribution in [3.63, 3.8) is 0 Å². The van der Waals surface area contributed by atoms with Crippen molar-refractivity contribution in [2.75, 3.05) is 27.8 Å². The van der Waals surface area contributed by atoms with E-state index in [-0.39, 0.29) is 23.1 Å². The van der Waals surface area contributed by atoms with Gasteiger partial charge in [-0.2, -0.15) is 0 Å². The van der Waals surface area contributed by atoms with Gasteiger partial charge in [0, 0.05) is 30.6 Å². The Morgan fingerprint density at radius 1 is 1.33 bits per heavy atom. The van der Waals surface area contributed by atoms with Crippen molar-refractivity contribution in [1.29, 1.82) is 0 Å². The molecule has 5 heteroatoms.